The normalized spacial score (nSPS) is 11.8. The number of nitrogens with zero attached hydrogens (tertiary/aromatic N) is 1. The highest BCUT2D eigenvalue weighted by atomic mass is 16.6. The van der Waals surface area contributed by atoms with Crippen molar-refractivity contribution in [2.24, 2.45) is 0 Å². The van der Waals surface area contributed by atoms with E-state index in [4.69, 9.17) is 0 Å². The molecule has 1 rings (SSSR count). The number of rotatable bonds is 3. The summed E-state index contributed by atoms with van der Waals surface area (Å²) in [6, 6.07) is 6.86. The Kier molecular flexibility index (Phi) is 3.17. The van der Waals surface area contributed by atoms with Crippen molar-refractivity contribution in [1.29, 1.82) is 0 Å². The number of benzene rings is 1. The van der Waals surface area contributed by atoms with Crippen LogP contribution < -0.4 is 5.32 Å². The molecule has 0 heterocycles. The number of nitro groups is 1. The molecule has 1 aromatic rings. The van der Waals surface area contributed by atoms with Crippen molar-refractivity contribution in [2.45, 2.75) is 6.04 Å². The van der Waals surface area contributed by atoms with Crippen LogP contribution in [0.3, 0.4) is 0 Å². The first-order chi connectivity index (χ1) is 6.66. The zero-order valence-corrected chi connectivity index (χ0v) is 7.64. The Morgan fingerprint density at radius 1 is 1.43 bits per heavy atom. The highest BCUT2D eigenvalue weighted by molar-refractivity contribution is 5.81. The van der Waals surface area contributed by atoms with Crippen molar-refractivity contribution >= 4 is 5.91 Å². The molecule has 0 aliphatic rings. The number of carbonyl (C=O) groups is 1. The summed E-state index contributed by atoms with van der Waals surface area (Å²) in [6.07, 6.45) is 0. The minimum Gasteiger partial charge on any atom is -0.353 e. The predicted octanol–water partition coefficient (Wildman–Crippen LogP) is 0.750. The summed E-state index contributed by atoms with van der Waals surface area (Å²) < 4.78 is 0. The van der Waals surface area contributed by atoms with Crippen LogP contribution in [0.25, 0.3) is 0 Å². The Morgan fingerprint density at radius 3 is 2.43 bits per heavy atom. The van der Waals surface area contributed by atoms with E-state index in [1.54, 1.807) is 30.3 Å². The molecular weight excluding hydrogens is 184 g/mol. The van der Waals surface area contributed by atoms with Gasteiger partial charge < -0.3 is 5.32 Å². The van der Waals surface area contributed by atoms with Crippen molar-refractivity contribution in [2.75, 3.05) is 7.05 Å². The third-order valence-electron chi connectivity index (χ3n) is 1.82. The van der Waals surface area contributed by atoms with Gasteiger partial charge in [0.15, 0.2) is 0 Å². The second-order valence-electron chi connectivity index (χ2n) is 2.71. The lowest BCUT2D eigenvalue weighted by atomic mass is 10.1. The number of likely N-dealkylation sites (N-methyl/N-ethyl adjacent to an activating group) is 1. The van der Waals surface area contributed by atoms with E-state index in [2.05, 4.69) is 5.32 Å². The van der Waals surface area contributed by atoms with Gasteiger partial charge in [-0.1, -0.05) is 30.3 Å². The first-order valence-corrected chi connectivity index (χ1v) is 4.07. The summed E-state index contributed by atoms with van der Waals surface area (Å²) in [5.41, 5.74) is 0.386. The van der Waals surface area contributed by atoms with Crippen LogP contribution in [0, 0.1) is 10.1 Å². The largest absolute Gasteiger partial charge is 0.353 e. The Labute approximate surface area is 80.9 Å². The fraction of sp³-hybridized carbons (Fsp3) is 0.222. The van der Waals surface area contributed by atoms with Gasteiger partial charge in [-0.15, -0.1) is 0 Å². The fourth-order valence-corrected chi connectivity index (χ4v) is 1.14. The van der Waals surface area contributed by atoms with E-state index in [1.165, 1.54) is 7.05 Å². The van der Waals surface area contributed by atoms with Crippen molar-refractivity contribution in [1.82, 2.24) is 5.32 Å². The fourth-order valence-electron chi connectivity index (χ4n) is 1.14. The molecule has 5 nitrogen and oxygen atoms in total. The van der Waals surface area contributed by atoms with Crippen molar-refractivity contribution in [3.63, 3.8) is 0 Å². The van der Waals surface area contributed by atoms with Gasteiger partial charge in [0.25, 0.3) is 5.91 Å². The minimum absolute atomic E-state index is 0.386. The monoisotopic (exact) mass is 194 g/mol. The van der Waals surface area contributed by atoms with Crippen molar-refractivity contribution in [3.8, 4) is 0 Å². The summed E-state index contributed by atoms with van der Waals surface area (Å²) in [5.74, 6) is -0.610. The smallest absolute Gasteiger partial charge is 0.314 e. The van der Waals surface area contributed by atoms with Crippen LogP contribution in [0.4, 0.5) is 0 Å². The highest BCUT2D eigenvalue weighted by Gasteiger charge is 2.30. The number of amides is 1. The molecule has 0 aliphatic carbocycles. The van der Waals surface area contributed by atoms with Crippen LogP contribution in [0.5, 0.6) is 0 Å². The molecule has 0 saturated heterocycles. The van der Waals surface area contributed by atoms with E-state index in [0.29, 0.717) is 5.56 Å². The Balaban J connectivity index is 3.01. The van der Waals surface area contributed by atoms with E-state index in [0.717, 1.165) is 0 Å². The lowest BCUT2D eigenvalue weighted by molar-refractivity contribution is -0.513. The third-order valence-corrected chi connectivity index (χ3v) is 1.82. The topological polar surface area (TPSA) is 72.2 Å². The van der Waals surface area contributed by atoms with Gasteiger partial charge in [-0.3, -0.25) is 14.9 Å². The SMILES string of the molecule is CNC(=O)C(c1ccccc1)[N+](=O)[O-]. The molecule has 0 aliphatic heterocycles. The molecule has 74 valence electrons. The lowest BCUT2D eigenvalue weighted by Gasteiger charge is -2.07. The number of nitrogens with one attached hydrogen (secondary N) is 1. The molecule has 0 aromatic heterocycles. The maximum Gasteiger partial charge on any atom is 0.314 e. The molecule has 0 saturated carbocycles. The second-order valence-corrected chi connectivity index (χ2v) is 2.71. The van der Waals surface area contributed by atoms with E-state index in [9.17, 15) is 14.9 Å². The van der Waals surface area contributed by atoms with Gasteiger partial charge in [-0.25, -0.2) is 0 Å². The van der Waals surface area contributed by atoms with Crippen LogP contribution in [-0.2, 0) is 4.79 Å². The van der Waals surface area contributed by atoms with Gasteiger partial charge in [0, 0.05) is 17.5 Å². The molecule has 1 amide bonds. The molecule has 5 heteroatoms. The van der Waals surface area contributed by atoms with E-state index in [-0.39, 0.29) is 0 Å². The Morgan fingerprint density at radius 2 is 2.00 bits per heavy atom. The van der Waals surface area contributed by atoms with Crippen LogP contribution in [0.15, 0.2) is 30.3 Å². The predicted molar refractivity (Wildman–Crippen MR) is 50.2 cm³/mol. The molecule has 14 heavy (non-hydrogen) atoms. The summed E-state index contributed by atoms with van der Waals surface area (Å²) >= 11 is 0. The van der Waals surface area contributed by atoms with E-state index >= 15 is 0 Å². The maximum atomic E-state index is 11.2. The van der Waals surface area contributed by atoms with Crippen molar-refractivity contribution < 1.29 is 9.72 Å². The molecule has 1 N–H and O–H groups in total. The summed E-state index contributed by atoms with van der Waals surface area (Å²) in [4.78, 5) is 21.2. The van der Waals surface area contributed by atoms with Gasteiger partial charge in [0.1, 0.15) is 0 Å². The Bertz CT molecular complexity index is 337. The third kappa shape index (κ3) is 2.07. The van der Waals surface area contributed by atoms with E-state index < -0.39 is 16.9 Å². The number of hydrogen-bond acceptors (Lipinski definition) is 3. The van der Waals surface area contributed by atoms with E-state index in [1.807, 2.05) is 0 Å². The average molecular weight is 194 g/mol. The first-order valence-electron chi connectivity index (χ1n) is 4.07. The summed E-state index contributed by atoms with van der Waals surface area (Å²) in [7, 11) is 1.38. The van der Waals surface area contributed by atoms with Gasteiger partial charge >= 0.3 is 6.04 Å². The van der Waals surface area contributed by atoms with Gasteiger partial charge in [0.2, 0.25) is 0 Å². The highest BCUT2D eigenvalue weighted by Crippen LogP contribution is 2.15. The average Bonchev–Trinajstić information content (AvgIpc) is 2.19. The molecular formula is C9H10N2O3. The molecule has 0 fully saturated rings. The Hall–Kier alpha value is -1.91. The van der Waals surface area contributed by atoms with Crippen LogP contribution in [-0.4, -0.2) is 17.9 Å². The first kappa shape index (κ1) is 10.2. The van der Waals surface area contributed by atoms with Crippen LogP contribution in [0.2, 0.25) is 0 Å². The standard InChI is InChI=1S/C9H10N2O3/c1-10-9(12)8(11(13)14)7-5-3-2-4-6-7/h2-6,8H,1H3,(H,10,12). The quantitative estimate of drug-likeness (QED) is 0.570. The molecule has 0 radical (unpaired) electrons. The number of carbonyl (C=O) groups excluding carboxylic acids is 1. The minimum atomic E-state index is -1.32. The number of hydrogen-bond donors (Lipinski definition) is 1. The molecule has 1 aromatic carbocycles. The lowest BCUT2D eigenvalue weighted by Crippen LogP contribution is -2.30. The van der Waals surface area contributed by atoms with Gasteiger partial charge in [0.05, 0.1) is 0 Å². The molecule has 0 bridgehead atoms. The molecule has 0 spiro atoms. The molecule has 1 atom stereocenters. The second kappa shape index (κ2) is 4.36. The van der Waals surface area contributed by atoms with Gasteiger partial charge in [-0.2, -0.15) is 0 Å². The zero-order valence-electron chi connectivity index (χ0n) is 7.64. The summed E-state index contributed by atoms with van der Waals surface area (Å²) in [5, 5.41) is 12.9. The zero-order chi connectivity index (χ0) is 10.6. The van der Waals surface area contributed by atoms with Crippen LogP contribution in [0.1, 0.15) is 11.6 Å². The van der Waals surface area contributed by atoms with Crippen LogP contribution >= 0.6 is 0 Å². The van der Waals surface area contributed by atoms with Crippen molar-refractivity contribution in [3.05, 3.63) is 46.0 Å². The summed E-state index contributed by atoms with van der Waals surface area (Å²) in [6.45, 7) is 0. The van der Waals surface area contributed by atoms with Gasteiger partial charge in [-0.05, 0) is 0 Å². The maximum absolute atomic E-state index is 11.2. The molecule has 1 unspecified atom stereocenters.